The lowest BCUT2D eigenvalue weighted by molar-refractivity contribution is -0.384. The van der Waals surface area contributed by atoms with Crippen molar-refractivity contribution in [3.8, 4) is 5.75 Å². The van der Waals surface area contributed by atoms with Crippen LogP contribution < -0.4 is 10.1 Å². The lowest BCUT2D eigenvalue weighted by Gasteiger charge is -2.12. The van der Waals surface area contributed by atoms with Gasteiger partial charge in [0.05, 0.1) is 16.9 Å². The highest BCUT2D eigenvalue weighted by Crippen LogP contribution is 2.35. The van der Waals surface area contributed by atoms with E-state index in [9.17, 15) is 24.5 Å². The molecule has 1 aliphatic rings. The second-order valence-corrected chi connectivity index (χ2v) is 7.92. The van der Waals surface area contributed by atoms with Gasteiger partial charge in [0.15, 0.2) is 0 Å². The summed E-state index contributed by atoms with van der Waals surface area (Å²) in [5.41, 5.74) is 0.610. The average molecular weight is 492 g/mol. The van der Waals surface area contributed by atoms with Crippen LogP contribution in [0.15, 0.2) is 51.8 Å². The number of benzene rings is 2. The number of nitro benzene ring substituents is 1. The molecule has 0 aromatic heterocycles. The third-order valence-electron chi connectivity index (χ3n) is 4.01. The van der Waals surface area contributed by atoms with Crippen LogP contribution in [0.4, 0.5) is 16.2 Å². The molecule has 0 atom stereocenters. The number of anilines is 1. The van der Waals surface area contributed by atoms with Crippen LogP contribution in [0.25, 0.3) is 6.08 Å². The van der Waals surface area contributed by atoms with Gasteiger partial charge in [-0.2, -0.15) is 0 Å². The van der Waals surface area contributed by atoms with Gasteiger partial charge in [0.2, 0.25) is 5.91 Å². The van der Waals surface area contributed by atoms with Crippen molar-refractivity contribution in [2.75, 3.05) is 19.0 Å². The first kappa shape index (κ1) is 21.5. The van der Waals surface area contributed by atoms with E-state index in [0.29, 0.717) is 23.2 Å². The van der Waals surface area contributed by atoms with Gasteiger partial charge in [0.1, 0.15) is 12.3 Å². The number of non-ortho nitro benzene ring substituents is 1. The monoisotopic (exact) mass is 491 g/mol. The minimum Gasteiger partial charge on any atom is -0.496 e. The Morgan fingerprint density at radius 3 is 2.60 bits per heavy atom. The van der Waals surface area contributed by atoms with E-state index in [0.717, 1.165) is 9.37 Å². The molecule has 0 unspecified atom stereocenters. The summed E-state index contributed by atoms with van der Waals surface area (Å²) in [6, 6.07) is 10.7. The minimum absolute atomic E-state index is 0.0373. The molecule has 154 valence electrons. The molecule has 1 fully saturated rings. The van der Waals surface area contributed by atoms with Gasteiger partial charge in [-0.15, -0.1) is 0 Å². The van der Waals surface area contributed by atoms with Crippen LogP contribution in [0.1, 0.15) is 5.56 Å². The molecule has 1 heterocycles. The normalized spacial score (nSPS) is 14.9. The minimum atomic E-state index is -0.662. The number of hydrogen-bond acceptors (Lipinski definition) is 7. The van der Waals surface area contributed by atoms with Gasteiger partial charge in [-0.25, -0.2) is 0 Å². The van der Waals surface area contributed by atoms with E-state index in [2.05, 4.69) is 21.2 Å². The first-order valence-electron chi connectivity index (χ1n) is 8.41. The molecule has 1 N–H and O–H groups in total. The van der Waals surface area contributed by atoms with E-state index < -0.39 is 28.5 Å². The Morgan fingerprint density at radius 1 is 1.27 bits per heavy atom. The average Bonchev–Trinajstić information content (AvgIpc) is 2.97. The number of nitrogens with one attached hydrogen (secondary N) is 1. The third-order valence-corrected chi connectivity index (χ3v) is 5.45. The molecule has 30 heavy (non-hydrogen) atoms. The number of amides is 3. The number of nitro groups is 1. The summed E-state index contributed by atoms with van der Waals surface area (Å²) in [5.74, 6) is -0.890. The number of carbonyl (C=O) groups is 3. The molecule has 9 nitrogen and oxygen atoms in total. The first-order chi connectivity index (χ1) is 14.3. The SMILES string of the molecule is COc1ccc([N+](=O)[O-])cc1/C=C1/SC(=O)N(CC(=O)Nc2ccc(Br)cc2)C1=O. The summed E-state index contributed by atoms with van der Waals surface area (Å²) in [7, 11) is 1.39. The fourth-order valence-corrected chi connectivity index (χ4v) is 3.70. The highest BCUT2D eigenvalue weighted by molar-refractivity contribution is 9.10. The van der Waals surface area contributed by atoms with Crippen molar-refractivity contribution in [1.82, 2.24) is 4.90 Å². The Kier molecular flexibility index (Phi) is 6.53. The summed E-state index contributed by atoms with van der Waals surface area (Å²) in [5, 5.41) is 13.0. The Labute approximate surface area is 183 Å². The fourth-order valence-electron chi connectivity index (χ4n) is 2.60. The van der Waals surface area contributed by atoms with Crippen molar-refractivity contribution < 1.29 is 24.0 Å². The van der Waals surface area contributed by atoms with E-state index in [1.54, 1.807) is 24.3 Å². The highest BCUT2D eigenvalue weighted by atomic mass is 79.9. The number of hydrogen-bond donors (Lipinski definition) is 1. The zero-order valence-corrected chi connectivity index (χ0v) is 17.9. The molecule has 2 aromatic carbocycles. The number of halogens is 1. The van der Waals surface area contributed by atoms with E-state index in [1.165, 1.54) is 31.4 Å². The van der Waals surface area contributed by atoms with Gasteiger partial charge < -0.3 is 10.1 Å². The number of thioether (sulfide) groups is 1. The van der Waals surface area contributed by atoms with Crippen molar-refractivity contribution in [2.45, 2.75) is 0 Å². The van der Waals surface area contributed by atoms with Gasteiger partial charge in [-0.1, -0.05) is 15.9 Å². The summed E-state index contributed by atoms with van der Waals surface area (Å²) in [4.78, 5) is 48.4. The van der Waals surface area contributed by atoms with E-state index in [-0.39, 0.29) is 16.2 Å². The molecule has 3 rings (SSSR count). The molecular weight excluding hydrogens is 478 g/mol. The molecular formula is C19H14BrN3O6S. The van der Waals surface area contributed by atoms with Crippen LogP contribution in [0.3, 0.4) is 0 Å². The number of carbonyl (C=O) groups excluding carboxylic acids is 3. The second-order valence-electron chi connectivity index (χ2n) is 6.01. The second kappa shape index (κ2) is 9.09. The van der Waals surface area contributed by atoms with Crippen molar-refractivity contribution in [3.05, 3.63) is 67.5 Å². The zero-order valence-electron chi connectivity index (χ0n) is 15.5. The Morgan fingerprint density at radius 2 is 1.97 bits per heavy atom. The Bertz CT molecular complexity index is 1070. The molecule has 2 aromatic rings. The molecule has 1 aliphatic heterocycles. The Hall–Kier alpha value is -3.18. The largest absolute Gasteiger partial charge is 0.496 e. The molecule has 1 saturated heterocycles. The van der Waals surface area contributed by atoms with Crippen molar-refractivity contribution >= 4 is 62.2 Å². The number of methoxy groups -OCH3 is 1. The van der Waals surface area contributed by atoms with Gasteiger partial charge in [-0.3, -0.25) is 29.4 Å². The highest BCUT2D eigenvalue weighted by Gasteiger charge is 2.36. The maximum atomic E-state index is 12.6. The third kappa shape index (κ3) is 4.86. The number of ether oxygens (including phenoxy) is 1. The van der Waals surface area contributed by atoms with Crippen LogP contribution in [0.2, 0.25) is 0 Å². The first-order valence-corrected chi connectivity index (χ1v) is 10.0. The fraction of sp³-hybridized carbons (Fsp3) is 0.105. The molecule has 3 amide bonds. The maximum Gasteiger partial charge on any atom is 0.294 e. The summed E-state index contributed by atoms with van der Waals surface area (Å²) < 4.78 is 6.01. The van der Waals surface area contributed by atoms with Gasteiger partial charge in [0.25, 0.3) is 16.8 Å². The van der Waals surface area contributed by atoms with Crippen LogP contribution in [0, 0.1) is 10.1 Å². The lowest BCUT2D eigenvalue weighted by atomic mass is 10.1. The van der Waals surface area contributed by atoms with E-state index in [1.807, 2.05) is 0 Å². The molecule has 11 heteroatoms. The summed E-state index contributed by atoms with van der Waals surface area (Å²) in [6.45, 7) is -0.454. The van der Waals surface area contributed by atoms with Crippen LogP contribution in [-0.4, -0.2) is 40.5 Å². The molecule has 0 spiro atoms. The van der Waals surface area contributed by atoms with Crippen LogP contribution in [-0.2, 0) is 9.59 Å². The summed E-state index contributed by atoms with van der Waals surface area (Å²) >= 11 is 3.94. The van der Waals surface area contributed by atoms with Gasteiger partial charge in [-0.05, 0) is 48.2 Å². The predicted molar refractivity (Wildman–Crippen MR) is 115 cm³/mol. The van der Waals surface area contributed by atoms with Crippen LogP contribution in [0.5, 0.6) is 5.75 Å². The van der Waals surface area contributed by atoms with Crippen molar-refractivity contribution in [3.63, 3.8) is 0 Å². The van der Waals surface area contributed by atoms with Crippen molar-refractivity contribution in [1.29, 1.82) is 0 Å². The smallest absolute Gasteiger partial charge is 0.294 e. The van der Waals surface area contributed by atoms with E-state index in [4.69, 9.17) is 4.74 Å². The Balaban J connectivity index is 1.77. The topological polar surface area (TPSA) is 119 Å². The number of rotatable bonds is 6. The lowest BCUT2D eigenvalue weighted by Crippen LogP contribution is -2.36. The number of nitrogens with zero attached hydrogens (tertiary/aromatic N) is 2. The molecule has 0 aliphatic carbocycles. The maximum absolute atomic E-state index is 12.6. The van der Waals surface area contributed by atoms with Crippen molar-refractivity contribution in [2.24, 2.45) is 0 Å². The van der Waals surface area contributed by atoms with Gasteiger partial charge >= 0.3 is 0 Å². The molecule has 0 saturated carbocycles. The van der Waals surface area contributed by atoms with Crippen LogP contribution >= 0.6 is 27.7 Å². The standard InChI is InChI=1S/C19H14BrN3O6S/c1-29-15-7-6-14(23(27)28)8-11(15)9-16-18(25)22(19(26)30-16)10-17(24)21-13-4-2-12(20)3-5-13/h2-9H,10H2,1H3,(H,21,24)/b16-9+. The predicted octanol–water partition coefficient (Wildman–Crippen LogP) is 4.04. The summed E-state index contributed by atoms with van der Waals surface area (Å²) in [6.07, 6.45) is 1.34. The zero-order chi connectivity index (χ0) is 21.8. The molecule has 0 radical (unpaired) electrons. The quantitative estimate of drug-likeness (QED) is 0.367. The number of imide groups is 1. The molecule has 0 bridgehead atoms. The van der Waals surface area contributed by atoms with E-state index >= 15 is 0 Å². The van der Waals surface area contributed by atoms with Gasteiger partial charge in [0, 0.05) is 27.9 Å².